The third kappa shape index (κ3) is 2.63. The molecule has 0 aliphatic heterocycles. The van der Waals surface area contributed by atoms with Gasteiger partial charge in [-0.05, 0) is 35.9 Å². The van der Waals surface area contributed by atoms with E-state index in [2.05, 4.69) is 15.0 Å². The Morgan fingerprint density at radius 2 is 1.79 bits per heavy atom. The molecule has 0 aliphatic carbocycles. The summed E-state index contributed by atoms with van der Waals surface area (Å²) in [6.07, 6.45) is 7.97. The Kier molecular flexibility index (Phi) is 3.69. The minimum atomic E-state index is -0.348. The first-order chi connectivity index (χ1) is 13.7. The van der Waals surface area contributed by atoms with Crippen molar-refractivity contribution in [2.45, 2.75) is 0 Å². The Morgan fingerprint density at radius 1 is 0.893 bits per heavy atom. The van der Waals surface area contributed by atoms with Crippen molar-refractivity contribution in [1.82, 2.24) is 15.0 Å². The van der Waals surface area contributed by atoms with Gasteiger partial charge < -0.3 is 5.21 Å². The van der Waals surface area contributed by atoms with E-state index in [9.17, 15) is 9.60 Å². The summed E-state index contributed by atoms with van der Waals surface area (Å²) in [5.41, 5.74) is 3.08. The average molecular weight is 368 g/mol. The second-order valence-electron chi connectivity index (χ2n) is 6.40. The quantitative estimate of drug-likeness (QED) is 0.344. The van der Waals surface area contributed by atoms with Gasteiger partial charge in [0.25, 0.3) is 0 Å². The molecule has 1 aromatic carbocycles. The van der Waals surface area contributed by atoms with Crippen molar-refractivity contribution in [2.24, 2.45) is 0 Å². The maximum absolute atomic E-state index is 14.4. The topological polar surface area (TPSA) is 65.6 Å². The molecular weight excluding hydrogens is 355 g/mol. The zero-order valence-electron chi connectivity index (χ0n) is 14.6. The smallest absolute Gasteiger partial charge is 0.189 e. The fourth-order valence-corrected chi connectivity index (χ4v) is 3.41. The first-order valence-corrected chi connectivity index (χ1v) is 8.68. The Balaban J connectivity index is 1.86. The number of rotatable bonds is 2. The number of benzene rings is 1. The number of hydrogen-bond acceptors (Lipinski definition) is 4. The second-order valence-corrected chi connectivity index (χ2v) is 6.40. The van der Waals surface area contributed by atoms with E-state index >= 15 is 0 Å². The van der Waals surface area contributed by atoms with Crippen molar-refractivity contribution in [1.29, 1.82) is 0 Å². The lowest BCUT2D eigenvalue weighted by molar-refractivity contribution is -0.603. The molecule has 5 rings (SSSR count). The van der Waals surface area contributed by atoms with Crippen LogP contribution in [-0.2, 0) is 0 Å². The Hall–Kier alpha value is -3.93. The van der Waals surface area contributed by atoms with Gasteiger partial charge in [-0.25, -0.2) is 14.4 Å². The molecule has 0 atom stereocenters. The third-order valence-electron chi connectivity index (χ3n) is 4.70. The van der Waals surface area contributed by atoms with Crippen LogP contribution in [-0.4, -0.2) is 15.0 Å². The summed E-state index contributed by atoms with van der Waals surface area (Å²) >= 11 is 0. The van der Waals surface area contributed by atoms with Gasteiger partial charge in [-0.2, -0.15) is 4.73 Å². The Bertz CT molecular complexity index is 1350. The molecular formula is C22H13FN4O. The van der Waals surface area contributed by atoms with Crippen LogP contribution in [0.5, 0.6) is 0 Å². The van der Waals surface area contributed by atoms with Crippen LogP contribution in [0.2, 0.25) is 0 Å². The minimum absolute atomic E-state index is 0.348. The Labute approximate surface area is 159 Å². The van der Waals surface area contributed by atoms with Gasteiger partial charge in [0.15, 0.2) is 18.0 Å². The highest BCUT2D eigenvalue weighted by atomic mass is 19.1. The van der Waals surface area contributed by atoms with E-state index in [1.54, 1.807) is 42.9 Å². The molecule has 0 bridgehead atoms. The van der Waals surface area contributed by atoms with Gasteiger partial charge in [0.05, 0.1) is 11.1 Å². The monoisotopic (exact) mass is 368 g/mol. The zero-order valence-corrected chi connectivity index (χ0v) is 14.6. The molecule has 28 heavy (non-hydrogen) atoms. The van der Waals surface area contributed by atoms with Gasteiger partial charge in [0, 0.05) is 46.6 Å². The number of pyridine rings is 4. The zero-order chi connectivity index (χ0) is 19.1. The van der Waals surface area contributed by atoms with E-state index in [4.69, 9.17) is 0 Å². The Morgan fingerprint density at radius 3 is 2.68 bits per heavy atom. The number of fused-ring (bicyclic) bond motifs is 2. The largest absolute Gasteiger partial charge is 0.619 e. The molecule has 0 saturated carbocycles. The first kappa shape index (κ1) is 16.3. The van der Waals surface area contributed by atoms with Gasteiger partial charge >= 0.3 is 0 Å². The van der Waals surface area contributed by atoms with Crippen LogP contribution < -0.4 is 4.73 Å². The van der Waals surface area contributed by atoms with E-state index < -0.39 is 0 Å². The molecule has 6 heteroatoms. The molecule has 0 spiro atoms. The van der Waals surface area contributed by atoms with Crippen LogP contribution >= 0.6 is 0 Å². The second kappa shape index (κ2) is 6.35. The third-order valence-corrected chi connectivity index (χ3v) is 4.70. The fraction of sp³-hybridized carbons (Fsp3) is 0. The maximum atomic E-state index is 14.4. The van der Waals surface area contributed by atoms with Gasteiger partial charge in [0.2, 0.25) is 0 Å². The summed E-state index contributed by atoms with van der Waals surface area (Å²) in [7, 11) is 0. The van der Waals surface area contributed by atoms with Crippen LogP contribution in [0.25, 0.3) is 44.2 Å². The lowest BCUT2D eigenvalue weighted by atomic mass is 9.97. The highest BCUT2D eigenvalue weighted by molar-refractivity contribution is 6.03. The molecule has 0 unspecified atom stereocenters. The van der Waals surface area contributed by atoms with Crippen LogP contribution in [0.3, 0.4) is 0 Å². The average Bonchev–Trinajstić information content (AvgIpc) is 2.72. The van der Waals surface area contributed by atoms with Crippen LogP contribution in [0, 0.1) is 11.0 Å². The first-order valence-electron chi connectivity index (χ1n) is 8.68. The molecule has 0 amide bonds. The van der Waals surface area contributed by atoms with Crippen molar-refractivity contribution < 1.29 is 9.12 Å². The van der Waals surface area contributed by atoms with E-state index in [0.29, 0.717) is 16.9 Å². The van der Waals surface area contributed by atoms with Crippen molar-refractivity contribution in [3.8, 4) is 22.4 Å². The van der Waals surface area contributed by atoms with Crippen molar-refractivity contribution in [3.05, 3.63) is 90.5 Å². The fourth-order valence-electron chi connectivity index (χ4n) is 3.41. The lowest BCUT2D eigenvalue weighted by Gasteiger charge is -2.12. The highest BCUT2D eigenvalue weighted by Crippen LogP contribution is 2.35. The summed E-state index contributed by atoms with van der Waals surface area (Å²) in [6.45, 7) is 0. The van der Waals surface area contributed by atoms with Crippen LogP contribution in [0.1, 0.15) is 0 Å². The summed E-state index contributed by atoms with van der Waals surface area (Å²) in [5.74, 6) is -0.348. The van der Waals surface area contributed by atoms with E-state index in [-0.39, 0.29) is 5.82 Å². The summed E-state index contributed by atoms with van der Waals surface area (Å²) in [4.78, 5) is 13.2. The number of halogens is 1. The summed E-state index contributed by atoms with van der Waals surface area (Å²) < 4.78 is 15.1. The van der Waals surface area contributed by atoms with Crippen molar-refractivity contribution in [2.75, 3.05) is 0 Å². The van der Waals surface area contributed by atoms with Crippen LogP contribution in [0.4, 0.5) is 4.39 Å². The number of aromatic nitrogens is 4. The molecule has 0 fully saturated rings. The van der Waals surface area contributed by atoms with Gasteiger partial charge in [-0.3, -0.25) is 4.98 Å². The molecule has 0 saturated heterocycles. The van der Waals surface area contributed by atoms with Gasteiger partial charge in [-0.1, -0.05) is 12.1 Å². The predicted molar refractivity (Wildman–Crippen MR) is 105 cm³/mol. The lowest BCUT2D eigenvalue weighted by Crippen LogP contribution is -2.23. The summed E-state index contributed by atoms with van der Waals surface area (Å²) in [5, 5.41) is 14.1. The molecule has 0 N–H and O–H groups in total. The normalized spacial score (nSPS) is 11.2. The maximum Gasteiger partial charge on any atom is 0.189 e. The van der Waals surface area contributed by atoms with E-state index in [1.807, 2.05) is 18.2 Å². The molecule has 4 heterocycles. The molecule has 0 radical (unpaired) electrons. The highest BCUT2D eigenvalue weighted by Gasteiger charge is 2.15. The number of hydrogen-bond donors (Lipinski definition) is 0. The van der Waals surface area contributed by atoms with Crippen LogP contribution in [0.15, 0.2) is 79.5 Å². The minimum Gasteiger partial charge on any atom is -0.619 e. The SMILES string of the molecule is [O-][n+]1ccc2c(-c3cc(-c4ccccc4F)nc4ncccc34)cncc2c1. The molecule has 5 nitrogen and oxygen atoms in total. The van der Waals surface area contributed by atoms with Crippen molar-refractivity contribution in [3.63, 3.8) is 0 Å². The van der Waals surface area contributed by atoms with Gasteiger partial charge in [-0.15, -0.1) is 0 Å². The predicted octanol–water partition coefficient (Wildman–Crippen LogP) is 4.28. The van der Waals surface area contributed by atoms with Crippen molar-refractivity contribution >= 4 is 21.8 Å². The van der Waals surface area contributed by atoms with E-state index in [0.717, 1.165) is 32.0 Å². The molecule has 4 aromatic heterocycles. The van der Waals surface area contributed by atoms with E-state index in [1.165, 1.54) is 18.5 Å². The van der Waals surface area contributed by atoms with Gasteiger partial charge in [0.1, 0.15) is 5.82 Å². The standard InChI is InChI=1S/C22H13FN4O/c23-20-6-2-1-4-17(20)21-10-18(16-5-3-8-25-22(16)26-21)19-12-24-11-14-13-27(28)9-7-15(14)19/h1-13H. The summed E-state index contributed by atoms with van der Waals surface area (Å²) in [6, 6.07) is 13.9. The molecule has 134 valence electrons. The molecule has 0 aliphatic rings. The number of nitrogens with zero attached hydrogens (tertiary/aromatic N) is 4. The molecule has 5 aromatic rings.